The van der Waals surface area contributed by atoms with Crippen LogP contribution in [0.15, 0.2) is 11.6 Å². The molecule has 0 N–H and O–H groups in total. The summed E-state index contributed by atoms with van der Waals surface area (Å²) in [6.45, 7) is 8.83. The van der Waals surface area contributed by atoms with Gasteiger partial charge in [-0.05, 0) is 36.2 Å². The van der Waals surface area contributed by atoms with E-state index in [0.717, 1.165) is 11.9 Å². The van der Waals surface area contributed by atoms with Gasteiger partial charge in [0.1, 0.15) is 6.29 Å². The van der Waals surface area contributed by atoms with E-state index >= 15 is 0 Å². The molecule has 80 valence electrons. The topological polar surface area (TPSA) is 17.1 Å². The van der Waals surface area contributed by atoms with Crippen LogP contribution in [0.25, 0.3) is 0 Å². The Balaban J connectivity index is 2.95. The lowest BCUT2D eigenvalue weighted by atomic mass is 9.61. The van der Waals surface area contributed by atoms with Crippen LogP contribution in [0.2, 0.25) is 0 Å². The molecule has 2 atom stereocenters. The minimum absolute atomic E-state index is 0.292. The van der Waals surface area contributed by atoms with E-state index in [4.69, 9.17) is 0 Å². The molecule has 1 heteroatoms. The minimum atomic E-state index is 0.292. The summed E-state index contributed by atoms with van der Waals surface area (Å²) >= 11 is 0. The van der Waals surface area contributed by atoms with Gasteiger partial charge in [0.05, 0.1) is 0 Å². The molecule has 0 saturated heterocycles. The SMILES string of the molecule is C/C=C(\C=O)C1C(C)CCCC1(C)C. The van der Waals surface area contributed by atoms with Crippen molar-refractivity contribution in [3.05, 3.63) is 11.6 Å². The highest BCUT2D eigenvalue weighted by Gasteiger charge is 2.38. The van der Waals surface area contributed by atoms with Gasteiger partial charge in [-0.2, -0.15) is 0 Å². The van der Waals surface area contributed by atoms with Crippen molar-refractivity contribution >= 4 is 6.29 Å². The predicted molar refractivity (Wildman–Crippen MR) is 60.1 cm³/mol. The Labute approximate surface area is 87.6 Å². The van der Waals surface area contributed by atoms with Gasteiger partial charge >= 0.3 is 0 Å². The van der Waals surface area contributed by atoms with E-state index in [9.17, 15) is 4.79 Å². The maximum Gasteiger partial charge on any atom is 0.146 e. The Bertz CT molecular complexity index is 238. The van der Waals surface area contributed by atoms with Crippen LogP contribution in [-0.2, 0) is 4.79 Å². The highest BCUT2D eigenvalue weighted by Crippen LogP contribution is 2.46. The maximum absolute atomic E-state index is 11.0. The van der Waals surface area contributed by atoms with Crippen LogP contribution in [-0.4, -0.2) is 6.29 Å². The standard InChI is InChI=1S/C13H22O/c1-5-11(9-14)12-10(2)7-6-8-13(12,3)4/h5,9-10,12H,6-8H2,1-4H3/b11-5+. The lowest BCUT2D eigenvalue weighted by molar-refractivity contribution is -0.106. The van der Waals surface area contributed by atoms with Gasteiger partial charge in [-0.25, -0.2) is 0 Å². The quantitative estimate of drug-likeness (QED) is 0.485. The first kappa shape index (κ1) is 11.5. The monoisotopic (exact) mass is 194 g/mol. The molecule has 0 aliphatic heterocycles. The summed E-state index contributed by atoms with van der Waals surface area (Å²) in [4.78, 5) is 11.0. The molecule has 0 radical (unpaired) electrons. The first-order valence-electron chi connectivity index (χ1n) is 5.64. The summed E-state index contributed by atoms with van der Waals surface area (Å²) in [7, 11) is 0. The Hall–Kier alpha value is -0.590. The number of carbonyl (C=O) groups excluding carboxylic acids is 1. The molecule has 0 aromatic carbocycles. The molecule has 0 aromatic rings. The first-order valence-corrected chi connectivity index (χ1v) is 5.64. The van der Waals surface area contributed by atoms with Gasteiger partial charge in [-0.3, -0.25) is 4.79 Å². The molecule has 0 amide bonds. The van der Waals surface area contributed by atoms with Crippen LogP contribution in [0.5, 0.6) is 0 Å². The van der Waals surface area contributed by atoms with Gasteiger partial charge in [-0.15, -0.1) is 0 Å². The third-order valence-corrected chi connectivity index (χ3v) is 3.72. The molecule has 0 bridgehead atoms. The van der Waals surface area contributed by atoms with Crippen molar-refractivity contribution in [2.45, 2.75) is 47.0 Å². The molecule has 2 unspecified atom stereocenters. The molecule has 1 rings (SSSR count). The zero-order valence-electron chi connectivity index (χ0n) is 9.84. The third-order valence-electron chi connectivity index (χ3n) is 3.72. The molecule has 14 heavy (non-hydrogen) atoms. The summed E-state index contributed by atoms with van der Waals surface area (Å²) < 4.78 is 0. The van der Waals surface area contributed by atoms with Gasteiger partial charge in [0.25, 0.3) is 0 Å². The fourth-order valence-corrected chi connectivity index (χ4v) is 3.07. The van der Waals surface area contributed by atoms with E-state index < -0.39 is 0 Å². The van der Waals surface area contributed by atoms with Crippen LogP contribution >= 0.6 is 0 Å². The second kappa shape index (κ2) is 4.29. The molecule has 1 aliphatic rings. The number of hydrogen-bond acceptors (Lipinski definition) is 1. The fourth-order valence-electron chi connectivity index (χ4n) is 3.07. The zero-order chi connectivity index (χ0) is 10.8. The number of hydrogen-bond donors (Lipinski definition) is 0. The van der Waals surface area contributed by atoms with Crippen molar-refractivity contribution in [3.63, 3.8) is 0 Å². The average Bonchev–Trinajstić information content (AvgIpc) is 2.11. The summed E-state index contributed by atoms with van der Waals surface area (Å²) in [6.07, 6.45) is 6.85. The van der Waals surface area contributed by atoms with Crippen molar-refractivity contribution in [2.24, 2.45) is 17.3 Å². The van der Waals surface area contributed by atoms with Crippen LogP contribution in [0.4, 0.5) is 0 Å². The molecule has 0 heterocycles. The highest BCUT2D eigenvalue weighted by molar-refractivity contribution is 5.74. The summed E-state index contributed by atoms with van der Waals surface area (Å²) in [5, 5.41) is 0. The number of allylic oxidation sites excluding steroid dienone is 2. The average molecular weight is 194 g/mol. The molecule has 1 aliphatic carbocycles. The van der Waals surface area contributed by atoms with E-state index in [-0.39, 0.29) is 0 Å². The summed E-state index contributed by atoms with van der Waals surface area (Å²) in [6, 6.07) is 0. The Morgan fingerprint density at radius 3 is 2.50 bits per heavy atom. The summed E-state index contributed by atoms with van der Waals surface area (Å²) in [5.41, 5.74) is 1.29. The van der Waals surface area contributed by atoms with E-state index in [1.54, 1.807) is 0 Å². The molecular formula is C13H22O. The summed E-state index contributed by atoms with van der Waals surface area (Å²) in [5.74, 6) is 1.11. The lowest BCUT2D eigenvalue weighted by Crippen LogP contribution is -2.35. The van der Waals surface area contributed by atoms with Crippen molar-refractivity contribution < 1.29 is 4.79 Å². The molecular weight excluding hydrogens is 172 g/mol. The van der Waals surface area contributed by atoms with Crippen LogP contribution in [0.1, 0.15) is 47.0 Å². The molecule has 0 spiro atoms. The van der Waals surface area contributed by atoms with Crippen molar-refractivity contribution in [1.82, 2.24) is 0 Å². The van der Waals surface area contributed by atoms with E-state index in [2.05, 4.69) is 20.8 Å². The Morgan fingerprint density at radius 2 is 2.07 bits per heavy atom. The van der Waals surface area contributed by atoms with E-state index in [1.807, 2.05) is 13.0 Å². The molecule has 1 nitrogen and oxygen atoms in total. The lowest BCUT2D eigenvalue weighted by Gasteiger charge is -2.43. The Kier molecular flexibility index (Phi) is 3.52. The van der Waals surface area contributed by atoms with Crippen molar-refractivity contribution in [1.29, 1.82) is 0 Å². The van der Waals surface area contributed by atoms with Gasteiger partial charge < -0.3 is 0 Å². The fraction of sp³-hybridized carbons (Fsp3) is 0.769. The third kappa shape index (κ3) is 2.08. The minimum Gasteiger partial charge on any atom is -0.298 e. The first-order chi connectivity index (χ1) is 6.53. The van der Waals surface area contributed by atoms with Crippen LogP contribution < -0.4 is 0 Å². The second-order valence-corrected chi connectivity index (χ2v) is 5.24. The molecule has 0 aromatic heterocycles. The second-order valence-electron chi connectivity index (χ2n) is 5.24. The largest absolute Gasteiger partial charge is 0.298 e. The smallest absolute Gasteiger partial charge is 0.146 e. The zero-order valence-corrected chi connectivity index (χ0v) is 9.84. The molecule has 1 fully saturated rings. The predicted octanol–water partition coefficient (Wildman–Crippen LogP) is 3.59. The van der Waals surface area contributed by atoms with Gasteiger partial charge in [0.2, 0.25) is 0 Å². The van der Waals surface area contributed by atoms with Crippen LogP contribution in [0, 0.1) is 17.3 Å². The number of aldehydes is 1. The maximum atomic E-state index is 11.0. The van der Waals surface area contributed by atoms with Gasteiger partial charge in [-0.1, -0.05) is 39.7 Å². The Morgan fingerprint density at radius 1 is 1.43 bits per heavy atom. The van der Waals surface area contributed by atoms with Crippen LogP contribution in [0.3, 0.4) is 0 Å². The van der Waals surface area contributed by atoms with Gasteiger partial charge in [0, 0.05) is 0 Å². The number of carbonyl (C=O) groups is 1. The van der Waals surface area contributed by atoms with Crippen molar-refractivity contribution in [2.75, 3.05) is 0 Å². The van der Waals surface area contributed by atoms with Gasteiger partial charge in [0.15, 0.2) is 0 Å². The van der Waals surface area contributed by atoms with E-state index in [1.165, 1.54) is 19.3 Å². The highest BCUT2D eigenvalue weighted by atomic mass is 16.1. The number of rotatable bonds is 2. The molecule has 1 saturated carbocycles. The van der Waals surface area contributed by atoms with E-state index in [0.29, 0.717) is 17.3 Å². The normalized spacial score (nSPS) is 32.7. The van der Waals surface area contributed by atoms with Crippen molar-refractivity contribution in [3.8, 4) is 0 Å².